The summed E-state index contributed by atoms with van der Waals surface area (Å²) in [7, 11) is -5.01. The second-order valence-corrected chi connectivity index (χ2v) is 15.7. The van der Waals surface area contributed by atoms with Crippen LogP contribution in [0.2, 0.25) is 0 Å². The second-order valence-electron chi connectivity index (χ2n) is 11.9. The molecule has 0 heterocycles. The van der Waals surface area contributed by atoms with Gasteiger partial charge in [0.1, 0.15) is 0 Å². The molecule has 0 atom stereocenters. The van der Waals surface area contributed by atoms with Gasteiger partial charge < -0.3 is 0 Å². The van der Waals surface area contributed by atoms with Crippen LogP contribution in [0.15, 0.2) is 212 Å². The summed E-state index contributed by atoms with van der Waals surface area (Å²) in [4.78, 5) is 14.5. The first kappa shape index (κ1) is 31.4. The fraction of sp³-hybridized carbons (Fsp3) is 0.0455. The summed E-state index contributed by atoms with van der Waals surface area (Å²) >= 11 is 0. The molecule has 0 aromatic heterocycles. The van der Waals surface area contributed by atoms with Gasteiger partial charge in [0.15, 0.2) is 0 Å². The molecular formula is C44H37O3P. The summed E-state index contributed by atoms with van der Waals surface area (Å²) in [6.45, 7) is 0. The van der Waals surface area contributed by atoms with E-state index in [2.05, 4.69) is 0 Å². The molecule has 7 aromatic carbocycles. The van der Waals surface area contributed by atoms with Crippen molar-refractivity contribution in [2.24, 2.45) is 0 Å². The molecule has 48 heavy (non-hydrogen) atoms. The third-order valence-corrected chi connectivity index (χ3v) is 13.7. The Kier molecular flexibility index (Phi) is 8.39. The Bertz CT molecular complexity index is 1880. The predicted octanol–water partition coefficient (Wildman–Crippen LogP) is 8.24. The standard InChI is InChI=1S/C44H37O3P/c45-43(36-22-8-1-9-23-36,37-24-10-2-11-25-37)44(38-26-12-3-13-27-38,39-28-14-4-15-29-39)47-48(46,40-30-16-5-17-31-40,41-32-18-6-19-33-41)42-34-20-7-21-35-42/h1-35,45-46H. The minimum atomic E-state index is -5.01. The SMILES string of the molecule is OC(c1ccccc1)(c1ccccc1)C(OP(O)(c1ccccc1)(c1ccccc1)c1ccccc1)(c1ccccc1)c1ccccc1. The molecule has 7 aromatic rings. The number of hydrogen-bond donors (Lipinski definition) is 2. The van der Waals surface area contributed by atoms with Gasteiger partial charge in [0.2, 0.25) is 0 Å². The van der Waals surface area contributed by atoms with E-state index < -0.39 is 18.3 Å². The monoisotopic (exact) mass is 644 g/mol. The first-order valence-electron chi connectivity index (χ1n) is 16.1. The van der Waals surface area contributed by atoms with Gasteiger partial charge in [0.05, 0.1) is 0 Å². The van der Waals surface area contributed by atoms with Crippen molar-refractivity contribution in [3.8, 4) is 0 Å². The van der Waals surface area contributed by atoms with E-state index in [1.165, 1.54) is 0 Å². The Balaban J connectivity index is 1.74. The van der Waals surface area contributed by atoms with E-state index in [1.54, 1.807) is 0 Å². The van der Waals surface area contributed by atoms with E-state index in [1.807, 2.05) is 212 Å². The van der Waals surface area contributed by atoms with Gasteiger partial charge >= 0.3 is 283 Å². The topological polar surface area (TPSA) is 49.7 Å². The van der Waals surface area contributed by atoms with Gasteiger partial charge in [0.25, 0.3) is 0 Å². The molecule has 0 aliphatic heterocycles. The van der Waals surface area contributed by atoms with Crippen LogP contribution >= 0.6 is 7.06 Å². The molecule has 0 fully saturated rings. The maximum atomic E-state index is 14.5. The van der Waals surface area contributed by atoms with Crippen LogP contribution in [0.25, 0.3) is 0 Å². The summed E-state index contributed by atoms with van der Waals surface area (Å²) in [5.74, 6) is 0. The van der Waals surface area contributed by atoms with Crippen LogP contribution in [0.5, 0.6) is 0 Å². The van der Waals surface area contributed by atoms with Crippen molar-refractivity contribution in [1.82, 2.24) is 0 Å². The van der Waals surface area contributed by atoms with Crippen LogP contribution < -0.4 is 15.9 Å². The van der Waals surface area contributed by atoms with Crippen molar-refractivity contribution in [3.05, 3.63) is 235 Å². The molecule has 236 valence electrons. The van der Waals surface area contributed by atoms with Gasteiger partial charge in [-0.25, -0.2) is 0 Å². The average molecular weight is 645 g/mol. The fourth-order valence-corrected chi connectivity index (χ4v) is 11.3. The third-order valence-electron chi connectivity index (χ3n) is 9.27. The molecule has 0 saturated heterocycles. The fourth-order valence-electron chi connectivity index (χ4n) is 7.02. The zero-order valence-corrected chi connectivity index (χ0v) is 27.4. The zero-order valence-electron chi connectivity index (χ0n) is 26.5. The van der Waals surface area contributed by atoms with Crippen LogP contribution in [0.1, 0.15) is 22.3 Å². The van der Waals surface area contributed by atoms with Crippen LogP contribution in [-0.2, 0) is 15.7 Å². The zero-order chi connectivity index (χ0) is 32.9. The van der Waals surface area contributed by atoms with Gasteiger partial charge in [-0.15, -0.1) is 0 Å². The number of aliphatic hydroxyl groups is 1. The van der Waals surface area contributed by atoms with E-state index >= 15 is 0 Å². The van der Waals surface area contributed by atoms with Gasteiger partial charge in [-0.1, -0.05) is 0 Å². The molecule has 0 saturated carbocycles. The summed E-state index contributed by atoms with van der Waals surface area (Å²) in [6, 6.07) is 67.9. The molecule has 4 heteroatoms. The molecular weight excluding hydrogens is 607 g/mol. The second kappa shape index (κ2) is 12.8. The van der Waals surface area contributed by atoms with Gasteiger partial charge in [0, 0.05) is 0 Å². The molecule has 0 aliphatic rings. The molecule has 0 aliphatic carbocycles. The molecule has 0 spiro atoms. The van der Waals surface area contributed by atoms with E-state index in [-0.39, 0.29) is 0 Å². The molecule has 3 nitrogen and oxygen atoms in total. The Morgan fingerprint density at radius 1 is 0.333 bits per heavy atom. The summed E-state index contributed by atoms with van der Waals surface area (Å²) in [5.41, 5.74) is -1.02. The van der Waals surface area contributed by atoms with Crippen molar-refractivity contribution in [3.63, 3.8) is 0 Å². The predicted molar refractivity (Wildman–Crippen MR) is 198 cm³/mol. The summed E-state index contributed by atoms with van der Waals surface area (Å²) in [5, 5.41) is 15.9. The molecule has 0 bridgehead atoms. The Labute approximate surface area is 282 Å². The average Bonchev–Trinajstić information content (AvgIpc) is 3.19. The first-order chi connectivity index (χ1) is 23.5. The van der Waals surface area contributed by atoms with Gasteiger partial charge in [-0.2, -0.15) is 0 Å². The normalized spacial score (nSPS) is 12.9. The van der Waals surface area contributed by atoms with E-state index in [4.69, 9.17) is 4.52 Å². The van der Waals surface area contributed by atoms with Gasteiger partial charge in [-0.3, -0.25) is 0 Å². The molecule has 0 unspecified atom stereocenters. The van der Waals surface area contributed by atoms with Crippen LogP contribution in [0.4, 0.5) is 0 Å². The van der Waals surface area contributed by atoms with Gasteiger partial charge in [-0.05, 0) is 0 Å². The van der Waals surface area contributed by atoms with E-state index in [9.17, 15) is 10.00 Å². The van der Waals surface area contributed by atoms with Crippen molar-refractivity contribution in [2.45, 2.75) is 11.2 Å². The third kappa shape index (κ3) is 4.92. The Morgan fingerprint density at radius 3 is 0.833 bits per heavy atom. The number of hydrogen-bond acceptors (Lipinski definition) is 3. The van der Waals surface area contributed by atoms with E-state index in [0.717, 1.165) is 0 Å². The van der Waals surface area contributed by atoms with Crippen LogP contribution in [0.3, 0.4) is 0 Å². The molecule has 0 amide bonds. The van der Waals surface area contributed by atoms with E-state index in [0.29, 0.717) is 38.2 Å². The number of rotatable bonds is 10. The van der Waals surface area contributed by atoms with Crippen molar-refractivity contribution >= 4 is 23.0 Å². The number of benzene rings is 7. The molecule has 0 radical (unpaired) electrons. The summed E-state index contributed by atoms with van der Waals surface area (Å²) < 4.78 is 8.05. The maximum absolute atomic E-state index is 14.5. The van der Waals surface area contributed by atoms with Crippen molar-refractivity contribution in [1.29, 1.82) is 0 Å². The van der Waals surface area contributed by atoms with Crippen LogP contribution in [-0.4, -0.2) is 10.00 Å². The Morgan fingerprint density at radius 2 is 0.562 bits per heavy atom. The molecule has 2 N–H and O–H groups in total. The van der Waals surface area contributed by atoms with Crippen molar-refractivity contribution in [2.75, 3.05) is 0 Å². The summed E-state index contributed by atoms with van der Waals surface area (Å²) in [6.07, 6.45) is 0. The first-order valence-corrected chi connectivity index (χ1v) is 18.2. The van der Waals surface area contributed by atoms with Crippen LogP contribution in [0, 0.1) is 0 Å². The Hall–Kier alpha value is -5.15. The molecule has 7 rings (SSSR count). The minimum absolute atomic E-state index is 0.612. The quantitative estimate of drug-likeness (QED) is 0.148. The van der Waals surface area contributed by atoms with Crippen molar-refractivity contribution < 1.29 is 14.5 Å².